The molecule has 23 heavy (non-hydrogen) atoms. The van der Waals surface area contributed by atoms with Gasteiger partial charge in [-0.15, -0.1) is 11.3 Å². The van der Waals surface area contributed by atoms with Crippen molar-refractivity contribution in [2.24, 2.45) is 5.92 Å². The maximum Gasteiger partial charge on any atom is 0.339 e. The van der Waals surface area contributed by atoms with E-state index in [0.29, 0.717) is 22.3 Å². The van der Waals surface area contributed by atoms with E-state index in [1.807, 2.05) is 6.08 Å². The summed E-state index contributed by atoms with van der Waals surface area (Å²) in [7, 11) is 1.38. The fraction of sp³-hybridized carbons (Fsp3) is 0.588. The van der Waals surface area contributed by atoms with Crippen LogP contribution in [-0.2, 0) is 14.3 Å². The number of thiazole rings is 1. The molecule has 1 N–H and O–H groups in total. The normalized spacial score (nSPS) is 17.2. The second-order valence-electron chi connectivity index (χ2n) is 5.90. The Labute approximate surface area is 141 Å². The molecule has 6 heteroatoms. The van der Waals surface area contributed by atoms with Gasteiger partial charge in [0.1, 0.15) is 0 Å². The number of carbonyl (C=O) groups excluding carboxylic acids is 2. The van der Waals surface area contributed by atoms with Crippen LogP contribution in [0.5, 0.6) is 0 Å². The molecule has 0 aromatic carbocycles. The number of rotatable bonds is 4. The zero-order valence-corrected chi connectivity index (χ0v) is 14.6. The molecular weight excluding hydrogens is 312 g/mol. The zero-order valence-electron chi connectivity index (χ0n) is 13.8. The highest BCUT2D eigenvalue weighted by Crippen LogP contribution is 2.29. The van der Waals surface area contributed by atoms with Crippen LogP contribution in [0.1, 0.15) is 57.6 Å². The Morgan fingerprint density at radius 1 is 1.26 bits per heavy atom. The average Bonchev–Trinajstić information content (AvgIpc) is 2.93. The van der Waals surface area contributed by atoms with E-state index in [0.717, 1.165) is 12.8 Å². The van der Waals surface area contributed by atoms with Gasteiger partial charge in [0.2, 0.25) is 5.91 Å². The van der Waals surface area contributed by atoms with Crippen molar-refractivity contribution in [3.8, 4) is 0 Å². The molecule has 0 saturated heterocycles. The summed E-state index contributed by atoms with van der Waals surface area (Å²) in [5.41, 5.74) is 1.08. The number of hydrogen-bond acceptors (Lipinski definition) is 5. The van der Waals surface area contributed by atoms with Crippen molar-refractivity contribution < 1.29 is 14.3 Å². The maximum absolute atomic E-state index is 12.2. The Balaban J connectivity index is 2.21. The standard InChI is InChI=1S/C17H24N2O3S/c1-12(20)18-17-19-15(11-23-17)14(16(21)22-2)10-13-8-6-4-3-5-7-9-13/h10-11,13H,3-9H2,1-2H3,(H,18,19,20). The molecule has 0 spiro atoms. The minimum absolute atomic E-state index is 0.172. The molecule has 1 aliphatic carbocycles. The zero-order chi connectivity index (χ0) is 16.7. The molecule has 0 aliphatic heterocycles. The van der Waals surface area contributed by atoms with Gasteiger partial charge in [0.25, 0.3) is 0 Å². The molecule has 1 aromatic rings. The number of amides is 1. The molecule has 0 unspecified atom stereocenters. The van der Waals surface area contributed by atoms with Gasteiger partial charge in [0.15, 0.2) is 5.13 Å². The highest BCUT2D eigenvalue weighted by Gasteiger charge is 2.19. The number of esters is 1. The quantitative estimate of drug-likeness (QED) is 0.666. The first-order valence-corrected chi connectivity index (χ1v) is 9.01. The second kappa shape index (κ2) is 8.82. The van der Waals surface area contributed by atoms with Crippen LogP contribution in [0.3, 0.4) is 0 Å². The van der Waals surface area contributed by atoms with Gasteiger partial charge in [-0.2, -0.15) is 0 Å². The SMILES string of the molecule is COC(=O)C(=CC1CCCCCCC1)c1csc(NC(C)=O)n1. The monoisotopic (exact) mass is 336 g/mol. The van der Waals surface area contributed by atoms with E-state index in [-0.39, 0.29) is 11.9 Å². The summed E-state index contributed by atoms with van der Waals surface area (Å²) in [5.74, 6) is -0.156. The number of methoxy groups -OCH3 is 1. The number of carbonyl (C=O) groups is 2. The molecule has 5 nitrogen and oxygen atoms in total. The Bertz CT molecular complexity index is 572. The summed E-state index contributed by atoms with van der Waals surface area (Å²) in [5, 5.41) is 4.94. The van der Waals surface area contributed by atoms with Gasteiger partial charge in [-0.05, 0) is 18.8 Å². The second-order valence-corrected chi connectivity index (χ2v) is 6.75. The van der Waals surface area contributed by atoms with E-state index >= 15 is 0 Å². The lowest BCUT2D eigenvalue weighted by Crippen LogP contribution is -2.09. The fourth-order valence-electron chi connectivity index (χ4n) is 2.86. The van der Waals surface area contributed by atoms with Crippen LogP contribution >= 0.6 is 11.3 Å². The topological polar surface area (TPSA) is 68.3 Å². The van der Waals surface area contributed by atoms with Gasteiger partial charge in [-0.1, -0.05) is 38.2 Å². The minimum Gasteiger partial charge on any atom is -0.465 e. The molecule has 1 fully saturated rings. The van der Waals surface area contributed by atoms with Gasteiger partial charge >= 0.3 is 5.97 Å². The summed E-state index contributed by atoms with van der Waals surface area (Å²) < 4.78 is 4.92. The van der Waals surface area contributed by atoms with Gasteiger partial charge < -0.3 is 10.1 Å². The third kappa shape index (κ3) is 5.46. The van der Waals surface area contributed by atoms with Crippen molar-refractivity contribution in [2.75, 3.05) is 12.4 Å². The van der Waals surface area contributed by atoms with Gasteiger partial charge in [-0.25, -0.2) is 9.78 Å². The molecule has 2 rings (SSSR count). The summed E-state index contributed by atoms with van der Waals surface area (Å²) in [6, 6.07) is 0. The van der Waals surface area contributed by atoms with Crippen LogP contribution in [0.2, 0.25) is 0 Å². The van der Waals surface area contributed by atoms with Crippen LogP contribution < -0.4 is 5.32 Å². The smallest absolute Gasteiger partial charge is 0.339 e. The molecule has 1 aromatic heterocycles. The van der Waals surface area contributed by atoms with Crippen molar-refractivity contribution in [3.63, 3.8) is 0 Å². The first kappa shape index (κ1) is 17.7. The van der Waals surface area contributed by atoms with Crippen molar-refractivity contribution in [2.45, 2.75) is 51.9 Å². The third-order valence-corrected chi connectivity index (χ3v) is 4.78. The van der Waals surface area contributed by atoms with Crippen molar-refractivity contribution >= 4 is 33.9 Å². The number of ether oxygens (including phenoxy) is 1. The summed E-state index contributed by atoms with van der Waals surface area (Å²) in [6.07, 6.45) is 10.5. The number of allylic oxidation sites excluding steroid dienone is 1. The predicted molar refractivity (Wildman–Crippen MR) is 92.2 cm³/mol. The number of anilines is 1. The minimum atomic E-state index is -0.369. The van der Waals surface area contributed by atoms with Gasteiger partial charge in [0.05, 0.1) is 18.4 Å². The van der Waals surface area contributed by atoms with E-state index in [9.17, 15) is 9.59 Å². The summed E-state index contributed by atoms with van der Waals surface area (Å²) in [4.78, 5) is 27.6. The van der Waals surface area contributed by atoms with Gasteiger partial charge in [-0.3, -0.25) is 4.79 Å². The summed E-state index contributed by atoms with van der Waals surface area (Å²) >= 11 is 1.31. The van der Waals surface area contributed by atoms with Crippen LogP contribution in [0.15, 0.2) is 11.5 Å². The van der Waals surface area contributed by atoms with E-state index < -0.39 is 0 Å². The molecule has 0 radical (unpaired) electrons. The number of aromatic nitrogens is 1. The number of hydrogen-bond donors (Lipinski definition) is 1. The molecule has 1 aliphatic rings. The first-order valence-electron chi connectivity index (χ1n) is 8.13. The number of nitrogens with zero attached hydrogens (tertiary/aromatic N) is 1. The lowest BCUT2D eigenvalue weighted by molar-refractivity contribution is -0.133. The van der Waals surface area contributed by atoms with Crippen LogP contribution in [0.25, 0.3) is 5.57 Å². The van der Waals surface area contributed by atoms with Crippen molar-refractivity contribution in [3.05, 3.63) is 17.2 Å². The molecule has 1 saturated carbocycles. The molecule has 0 atom stereocenters. The molecular formula is C17H24N2O3S. The molecule has 1 amide bonds. The van der Waals surface area contributed by atoms with Gasteiger partial charge in [0, 0.05) is 12.3 Å². The average molecular weight is 336 g/mol. The fourth-order valence-corrected chi connectivity index (χ4v) is 3.62. The van der Waals surface area contributed by atoms with Crippen molar-refractivity contribution in [1.29, 1.82) is 0 Å². The Morgan fingerprint density at radius 3 is 2.52 bits per heavy atom. The Kier molecular flexibility index (Phi) is 6.77. The summed E-state index contributed by atoms with van der Waals surface area (Å²) in [6.45, 7) is 1.44. The largest absolute Gasteiger partial charge is 0.465 e. The van der Waals surface area contributed by atoms with E-state index in [2.05, 4.69) is 10.3 Å². The lowest BCUT2D eigenvalue weighted by atomic mass is 9.89. The van der Waals surface area contributed by atoms with E-state index in [4.69, 9.17) is 4.74 Å². The van der Waals surface area contributed by atoms with Crippen LogP contribution in [-0.4, -0.2) is 24.0 Å². The molecule has 1 heterocycles. The van der Waals surface area contributed by atoms with E-state index in [1.54, 1.807) is 5.38 Å². The van der Waals surface area contributed by atoms with E-state index in [1.165, 1.54) is 57.5 Å². The molecule has 0 bridgehead atoms. The van der Waals surface area contributed by atoms with Crippen molar-refractivity contribution in [1.82, 2.24) is 4.98 Å². The molecule has 126 valence electrons. The maximum atomic E-state index is 12.2. The highest BCUT2D eigenvalue weighted by molar-refractivity contribution is 7.14. The lowest BCUT2D eigenvalue weighted by Gasteiger charge is -2.17. The highest BCUT2D eigenvalue weighted by atomic mass is 32.1. The van der Waals surface area contributed by atoms with Crippen LogP contribution in [0, 0.1) is 5.92 Å². The Hall–Kier alpha value is -1.69. The van der Waals surface area contributed by atoms with Crippen LogP contribution in [0.4, 0.5) is 5.13 Å². The third-order valence-electron chi connectivity index (χ3n) is 4.02. The first-order chi connectivity index (χ1) is 11.1. The Morgan fingerprint density at radius 2 is 1.91 bits per heavy atom. The predicted octanol–water partition coefficient (Wildman–Crippen LogP) is 4.02. The number of nitrogens with one attached hydrogen (secondary N) is 1.